The molecule has 0 N–H and O–H groups in total. The minimum absolute atomic E-state index is 0.0741. The van der Waals surface area contributed by atoms with Crippen molar-refractivity contribution in [1.82, 2.24) is 0 Å². The van der Waals surface area contributed by atoms with Gasteiger partial charge in [0.15, 0.2) is 0 Å². The zero-order chi connectivity index (χ0) is 18.0. The molecule has 128 valence electrons. The van der Waals surface area contributed by atoms with E-state index in [2.05, 4.69) is 4.99 Å². The van der Waals surface area contributed by atoms with Gasteiger partial charge in [-0.2, -0.15) is 26.3 Å². The quantitative estimate of drug-likeness (QED) is 0.532. The van der Waals surface area contributed by atoms with Crippen molar-refractivity contribution in [2.45, 2.75) is 12.4 Å². The molecule has 2 aromatic rings. The number of aliphatic imine (C=N–C) groups is 1. The fourth-order valence-electron chi connectivity index (χ4n) is 1.87. The molecule has 0 aromatic heterocycles. The van der Waals surface area contributed by atoms with Crippen LogP contribution in [0.1, 0.15) is 16.7 Å². The monoisotopic (exact) mass is 347 g/mol. The molecule has 0 unspecified atom stereocenters. The first kappa shape index (κ1) is 17.8. The number of hydrogen-bond acceptors (Lipinski definition) is 2. The van der Waals surface area contributed by atoms with E-state index in [4.69, 9.17) is 4.74 Å². The van der Waals surface area contributed by atoms with E-state index in [0.717, 1.165) is 6.21 Å². The fourth-order valence-corrected chi connectivity index (χ4v) is 1.87. The minimum atomic E-state index is -4.88. The topological polar surface area (TPSA) is 21.6 Å². The van der Waals surface area contributed by atoms with Gasteiger partial charge in [-0.15, -0.1) is 0 Å². The largest absolute Gasteiger partial charge is 0.497 e. The number of nitrogens with zero attached hydrogens (tertiary/aromatic N) is 1. The van der Waals surface area contributed by atoms with Crippen molar-refractivity contribution in [2.24, 2.45) is 4.99 Å². The van der Waals surface area contributed by atoms with Crippen LogP contribution in [0.2, 0.25) is 0 Å². The zero-order valence-corrected chi connectivity index (χ0v) is 12.2. The number of alkyl halides is 6. The van der Waals surface area contributed by atoms with E-state index in [9.17, 15) is 26.3 Å². The van der Waals surface area contributed by atoms with Crippen LogP contribution in [0, 0.1) is 0 Å². The van der Waals surface area contributed by atoms with Crippen molar-refractivity contribution in [3.63, 3.8) is 0 Å². The Morgan fingerprint density at radius 1 is 0.833 bits per heavy atom. The first-order valence-electron chi connectivity index (χ1n) is 6.57. The maximum atomic E-state index is 12.8. The molecule has 0 aliphatic heterocycles. The Morgan fingerprint density at radius 3 is 1.75 bits per heavy atom. The Hall–Kier alpha value is -2.51. The maximum Gasteiger partial charge on any atom is 0.416 e. The third-order valence-electron chi connectivity index (χ3n) is 3.05. The molecule has 0 atom stereocenters. The van der Waals surface area contributed by atoms with Gasteiger partial charge in [0.1, 0.15) is 5.75 Å². The van der Waals surface area contributed by atoms with E-state index in [0.29, 0.717) is 23.6 Å². The number of hydrogen-bond donors (Lipinski definition) is 0. The molecule has 0 aliphatic carbocycles. The molecule has 0 spiro atoms. The predicted octanol–water partition coefficient (Wildman–Crippen LogP) is 5.48. The number of benzene rings is 2. The van der Waals surface area contributed by atoms with Crippen LogP contribution in [0.4, 0.5) is 32.0 Å². The lowest BCUT2D eigenvalue weighted by Crippen LogP contribution is -2.11. The van der Waals surface area contributed by atoms with E-state index < -0.39 is 23.5 Å². The number of methoxy groups -OCH3 is 1. The lowest BCUT2D eigenvalue weighted by Gasteiger charge is -2.12. The standard InChI is InChI=1S/C16H11F6NO/c1-24-14-4-2-13(3-5-14)23-9-10-6-11(15(17,18)19)8-12(7-10)16(20,21)22/h2-9H,1H3. The van der Waals surface area contributed by atoms with E-state index in [1.165, 1.54) is 19.2 Å². The van der Waals surface area contributed by atoms with Crippen LogP contribution in [0.3, 0.4) is 0 Å². The Balaban J connectivity index is 2.39. The summed E-state index contributed by atoms with van der Waals surface area (Å²) in [5.74, 6) is 0.548. The molecule has 0 saturated heterocycles. The number of halogens is 6. The average molecular weight is 347 g/mol. The molecule has 0 saturated carbocycles. The Morgan fingerprint density at radius 2 is 1.33 bits per heavy atom. The third kappa shape index (κ3) is 4.50. The Bertz CT molecular complexity index is 699. The normalized spacial score (nSPS) is 12.6. The van der Waals surface area contributed by atoms with Gasteiger partial charge in [-0.1, -0.05) is 0 Å². The van der Waals surface area contributed by atoms with Gasteiger partial charge in [-0.05, 0) is 48.0 Å². The molecular weight excluding hydrogens is 336 g/mol. The Labute approximate surface area is 133 Å². The minimum Gasteiger partial charge on any atom is -0.497 e. The van der Waals surface area contributed by atoms with E-state index >= 15 is 0 Å². The fraction of sp³-hybridized carbons (Fsp3) is 0.188. The highest BCUT2D eigenvalue weighted by Crippen LogP contribution is 2.36. The zero-order valence-electron chi connectivity index (χ0n) is 12.2. The van der Waals surface area contributed by atoms with Gasteiger partial charge in [0.2, 0.25) is 0 Å². The summed E-state index contributed by atoms with van der Waals surface area (Å²) in [5, 5.41) is 0. The van der Waals surface area contributed by atoms with E-state index in [-0.39, 0.29) is 11.6 Å². The van der Waals surface area contributed by atoms with E-state index in [1.807, 2.05) is 0 Å². The van der Waals surface area contributed by atoms with Crippen LogP contribution >= 0.6 is 0 Å². The van der Waals surface area contributed by atoms with Gasteiger partial charge < -0.3 is 4.74 Å². The summed E-state index contributed by atoms with van der Waals surface area (Å²) in [6.07, 6.45) is -8.82. The maximum absolute atomic E-state index is 12.8. The van der Waals surface area contributed by atoms with Crippen LogP contribution in [0.15, 0.2) is 47.5 Å². The summed E-state index contributed by atoms with van der Waals surface area (Å²) in [6, 6.07) is 7.48. The molecule has 0 bridgehead atoms. The van der Waals surface area contributed by atoms with Crippen molar-refractivity contribution in [3.8, 4) is 5.75 Å². The number of ether oxygens (including phenoxy) is 1. The summed E-state index contributed by atoms with van der Waals surface area (Å²) in [7, 11) is 1.46. The molecule has 0 radical (unpaired) electrons. The van der Waals surface area contributed by atoms with E-state index in [1.54, 1.807) is 12.1 Å². The van der Waals surface area contributed by atoms with Crippen LogP contribution in [-0.2, 0) is 12.4 Å². The Kier molecular flexibility index (Phi) is 4.86. The van der Waals surface area contributed by atoms with Crippen LogP contribution in [-0.4, -0.2) is 13.3 Å². The molecule has 2 rings (SSSR count). The van der Waals surface area contributed by atoms with Gasteiger partial charge in [0, 0.05) is 6.21 Å². The smallest absolute Gasteiger partial charge is 0.416 e. The van der Waals surface area contributed by atoms with Gasteiger partial charge in [0.05, 0.1) is 23.9 Å². The lowest BCUT2D eigenvalue weighted by molar-refractivity contribution is -0.143. The molecule has 0 aliphatic rings. The highest BCUT2D eigenvalue weighted by atomic mass is 19.4. The van der Waals surface area contributed by atoms with Gasteiger partial charge >= 0.3 is 12.4 Å². The van der Waals surface area contributed by atoms with Crippen molar-refractivity contribution in [1.29, 1.82) is 0 Å². The third-order valence-corrected chi connectivity index (χ3v) is 3.05. The van der Waals surface area contributed by atoms with Gasteiger partial charge in [-0.25, -0.2) is 0 Å². The summed E-state index contributed by atoms with van der Waals surface area (Å²) in [4.78, 5) is 3.88. The second-order valence-corrected chi connectivity index (χ2v) is 4.80. The lowest BCUT2D eigenvalue weighted by atomic mass is 10.1. The summed E-state index contributed by atoms with van der Waals surface area (Å²) >= 11 is 0. The van der Waals surface area contributed by atoms with Crippen LogP contribution in [0.25, 0.3) is 0 Å². The van der Waals surface area contributed by atoms with Crippen LogP contribution in [0.5, 0.6) is 5.75 Å². The second-order valence-electron chi connectivity index (χ2n) is 4.80. The molecule has 0 fully saturated rings. The molecule has 2 nitrogen and oxygen atoms in total. The molecule has 2 aromatic carbocycles. The number of rotatable bonds is 3. The molecule has 8 heteroatoms. The second kappa shape index (κ2) is 6.54. The SMILES string of the molecule is COc1ccc(N=Cc2cc(C(F)(F)F)cc(C(F)(F)F)c2)cc1. The van der Waals surface area contributed by atoms with Crippen LogP contribution < -0.4 is 4.74 Å². The molecule has 0 amide bonds. The molecule has 0 heterocycles. The average Bonchev–Trinajstić information content (AvgIpc) is 2.51. The first-order valence-corrected chi connectivity index (χ1v) is 6.57. The predicted molar refractivity (Wildman–Crippen MR) is 76.7 cm³/mol. The van der Waals surface area contributed by atoms with Crippen molar-refractivity contribution in [2.75, 3.05) is 7.11 Å². The summed E-state index contributed by atoms with van der Waals surface area (Å²) in [6.45, 7) is 0. The highest BCUT2D eigenvalue weighted by molar-refractivity contribution is 5.82. The van der Waals surface area contributed by atoms with Gasteiger partial charge in [-0.3, -0.25) is 4.99 Å². The van der Waals surface area contributed by atoms with Gasteiger partial charge in [0.25, 0.3) is 0 Å². The molecule has 24 heavy (non-hydrogen) atoms. The van der Waals surface area contributed by atoms with Crippen molar-refractivity contribution in [3.05, 3.63) is 59.2 Å². The first-order chi connectivity index (χ1) is 11.1. The van der Waals surface area contributed by atoms with Crippen molar-refractivity contribution >= 4 is 11.9 Å². The van der Waals surface area contributed by atoms with Crippen molar-refractivity contribution < 1.29 is 31.1 Å². The summed E-state index contributed by atoms with van der Waals surface area (Å²) < 4.78 is 81.5. The summed E-state index contributed by atoms with van der Waals surface area (Å²) in [5.41, 5.74) is -2.70. The highest BCUT2D eigenvalue weighted by Gasteiger charge is 2.36. The molecular formula is C16H11F6NO.